The van der Waals surface area contributed by atoms with Crippen molar-refractivity contribution in [1.29, 1.82) is 0 Å². The highest BCUT2D eigenvalue weighted by Gasteiger charge is 2.26. The lowest BCUT2D eigenvalue weighted by Crippen LogP contribution is -2.36. The summed E-state index contributed by atoms with van der Waals surface area (Å²) in [5.74, 6) is 1.25. The van der Waals surface area contributed by atoms with Gasteiger partial charge in [-0.25, -0.2) is 0 Å². The van der Waals surface area contributed by atoms with Gasteiger partial charge in [0, 0.05) is 37.7 Å². The molecule has 1 amide bonds. The van der Waals surface area contributed by atoms with Crippen LogP contribution in [0.5, 0.6) is 0 Å². The smallest absolute Gasteiger partial charge is 0.223 e. The third-order valence-electron chi connectivity index (χ3n) is 4.73. The highest BCUT2D eigenvalue weighted by molar-refractivity contribution is 5.78. The van der Waals surface area contributed by atoms with Gasteiger partial charge in [0.1, 0.15) is 0 Å². The predicted octanol–water partition coefficient (Wildman–Crippen LogP) is 3.87. The molecule has 0 radical (unpaired) electrons. The molecule has 1 aromatic carbocycles. The average molecular weight is 288 g/mol. The first-order valence-electron chi connectivity index (χ1n) is 8.30. The Morgan fingerprint density at radius 2 is 2.00 bits per heavy atom. The van der Waals surface area contributed by atoms with Gasteiger partial charge in [-0.2, -0.15) is 0 Å². The van der Waals surface area contributed by atoms with E-state index in [0.717, 1.165) is 32.5 Å². The SMILES string of the molecule is CCC(CC)CN(CC)C(=O)CC1CNc2ccccc21. The second kappa shape index (κ2) is 7.48. The Morgan fingerprint density at radius 3 is 2.67 bits per heavy atom. The van der Waals surface area contributed by atoms with Crippen molar-refractivity contribution < 1.29 is 4.79 Å². The minimum atomic E-state index is 0.299. The van der Waals surface area contributed by atoms with Gasteiger partial charge >= 0.3 is 0 Å². The van der Waals surface area contributed by atoms with Crippen LogP contribution in [0.1, 0.15) is 51.5 Å². The van der Waals surface area contributed by atoms with Crippen LogP contribution in [0.4, 0.5) is 5.69 Å². The van der Waals surface area contributed by atoms with E-state index in [2.05, 4.69) is 44.3 Å². The highest BCUT2D eigenvalue weighted by atomic mass is 16.2. The summed E-state index contributed by atoms with van der Waals surface area (Å²) in [6.07, 6.45) is 2.92. The maximum atomic E-state index is 12.6. The fourth-order valence-corrected chi connectivity index (χ4v) is 3.14. The third-order valence-corrected chi connectivity index (χ3v) is 4.73. The Morgan fingerprint density at radius 1 is 1.29 bits per heavy atom. The van der Waals surface area contributed by atoms with Crippen molar-refractivity contribution in [3.8, 4) is 0 Å². The lowest BCUT2D eigenvalue weighted by Gasteiger charge is -2.26. The van der Waals surface area contributed by atoms with Gasteiger partial charge in [-0.05, 0) is 24.5 Å². The number of rotatable bonds is 7. The molecular formula is C18H28N2O. The summed E-state index contributed by atoms with van der Waals surface area (Å²) in [7, 11) is 0. The molecule has 2 rings (SSSR count). The Hall–Kier alpha value is -1.51. The van der Waals surface area contributed by atoms with Crippen molar-refractivity contribution in [2.75, 3.05) is 25.0 Å². The van der Waals surface area contributed by atoms with Gasteiger partial charge in [0.05, 0.1) is 0 Å². The van der Waals surface area contributed by atoms with Crippen LogP contribution in [0.25, 0.3) is 0 Å². The monoisotopic (exact) mass is 288 g/mol. The van der Waals surface area contributed by atoms with E-state index in [1.54, 1.807) is 0 Å². The zero-order valence-corrected chi connectivity index (χ0v) is 13.6. The average Bonchev–Trinajstić information content (AvgIpc) is 2.92. The summed E-state index contributed by atoms with van der Waals surface area (Å²) >= 11 is 0. The Bertz CT molecular complexity index is 468. The fourth-order valence-electron chi connectivity index (χ4n) is 3.14. The molecule has 21 heavy (non-hydrogen) atoms. The van der Waals surface area contributed by atoms with Crippen molar-refractivity contribution in [2.45, 2.75) is 46.0 Å². The summed E-state index contributed by atoms with van der Waals surface area (Å²) in [6.45, 7) is 9.11. The molecule has 0 saturated heterocycles. The second-order valence-electron chi connectivity index (χ2n) is 5.98. The van der Waals surface area contributed by atoms with Crippen LogP contribution >= 0.6 is 0 Å². The molecule has 1 aliphatic rings. The minimum absolute atomic E-state index is 0.299. The van der Waals surface area contributed by atoms with E-state index in [1.165, 1.54) is 11.3 Å². The Balaban J connectivity index is 1.97. The van der Waals surface area contributed by atoms with Crippen LogP contribution in [-0.2, 0) is 4.79 Å². The second-order valence-corrected chi connectivity index (χ2v) is 5.98. The maximum absolute atomic E-state index is 12.6. The van der Waals surface area contributed by atoms with Gasteiger partial charge < -0.3 is 10.2 Å². The number of para-hydroxylation sites is 1. The standard InChI is InChI=1S/C18H28N2O/c1-4-14(5-2)13-20(6-3)18(21)11-15-12-19-17-10-8-7-9-16(15)17/h7-10,14-15,19H,4-6,11-13H2,1-3H3. The molecule has 3 nitrogen and oxygen atoms in total. The van der Waals surface area contributed by atoms with Crippen LogP contribution in [0.2, 0.25) is 0 Å². The molecule has 0 spiro atoms. The number of amides is 1. The van der Waals surface area contributed by atoms with Crippen molar-refractivity contribution in [2.24, 2.45) is 5.92 Å². The topological polar surface area (TPSA) is 32.3 Å². The lowest BCUT2D eigenvalue weighted by atomic mass is 9.96. The molecule has 0 aliphatic carbocycles. The van der Waals surface area contributed by atoms with E-state index in [4.69, 9.17) is 0 Å². The van der Waals surface area contributed by atoms with Crippen molar-refractivity contribution in [3.63, 3.8) is 0 Å². The Labute approximate surface area is 128 Å². The molecule has 0 saturated carbocycles. The molecule has 1 unspecified atom stereocenters. The number of fused-ring (bicyclic) bond motifs is 1. The van der Waals surface area contributed by atoms with E-state index in [0.29, 0.717) is 24.2 Å². The van der Waals surface area contributed by atoms with Gasteiger partial charge in [0.25, 0.3) is 0 Å². The van der Waals surface area contributed by atoms with Crippen molar-refractivity contribution in [1.82, 2.24) is 4.90 Å². The normalized spacial score (nSPS) is 16.7. The first-order valence-corrected chi connectivity index (χ1v) is 8.30. The quantitative estimate of drug-likeness (QED) is 0.826. The molecule has 0 fully saturated rings. The van der Waals surface area contributed by atoms with E-state index < -0.39 is 0 Å². The number of carbonyl (C=O) groups is 1. The maximum Gasteiger partial charge on any atom is 0.223 e. The summed E-state index contributed by atoms with van der Waals surface area (Å²) in [5.41, 5.74) is 2.49. The Kier molecular flexibility index (Phi) is 5.66. The molecule has 116 valence electrons. The van der Waals surface area contributed by atoms with Gasteiger partial charge in [-0.15, -0.1) is 0 Å². The molecule has 1 atom stereocenters. The van der Waals surface area contributed by atoms with E-state index in [1.807, 2.05) is 11.0 Å². The summed E-state index contributed by atoms with van der Waals surface area (Å²) < 4.78 is 0. The molecule has 1 aliphatic heterocycles. The van der Waals surface area contributed by atoms with Gasteiger partial charge in [0.15, 0.2) is 0 Å². The number of benzene rings is 1. The van der Waals surface area contributed by atoms with Crippen LogP contribution in [-0.4, -0.2) is 30.4 Å². The number of hydrogen-bond donors (Lipinski definition) is 1. The molecule has 1 heterocycles. The van der Waals surface area contributed by atoms with Crippen molar-refractivity contribution in [3.05, 3.63) is 29.8 Å². The number of nitrogens with zero attached hydrogens (tertiary/aromatic N) is 1. The summed E-state index contributed by atoms with van der Waals surface area (Å²) in [4.78, 5) is 14.6. The molecule has 1 aromatic rings. The van der Waals surface area contributed by atoms with Crippen LogP contribution in [0.3, 0.4) is 0 Å². The number of carbonyl (C=O) groups excluding carboxylic acids is 1. The summed E-state index contributed by atoms with van der Waals surface area (Å²) in [5, 5.41) is 3.40. The zero-order chi connectivity index (χ0) is 15.2. The first kappa shape index (κ1) is 15.9. The largest absolute Gasteiger partial charge is 0.384 e. The van der Waals surface area contributed by atoms with E-state index in [-0.39, 0.29) is 0 Å². The van der Waals surface area contributed by atoms with Crippen LogP contribution in [0.15, 0.2) is 24.3 Å². The fraction of sp³-hybridized carbons (Fsp3) is 0.611. The number of hydrogen-bond acceptors (Lipinski definition) is 2. The van der Waals surface area contributed by atoms with Crippen LogP contribution in [0, 0.1) is 5.92 Å². The van der Waals surface area contributed by atoms with E-state index >= 15 is 0 Å². The first-order chi connectivity index (χ1) is 10.2. The highest BCUT2D eigenvalue weighted by Crippen LogP contribution is 2.33. The third kappa shape index (κ3) is 3.78. The molecule has 0 bridgehead atoms. The molecular weight excluding hydrogens is 260 g/mol. The summed E-state index contributed by atoms with van der Waals surface area (Å²) in [6, 6.07) is 8.35. The zero-order valence-electron chi connectivity index (χ0n) is 13.6. The minimum Gasteiger partial charge on any atom is -0.384 e. The lowest BCUT2D eigenvalue weighted by molar-refractivity contribution is -0.132. The molecule has 1 N–H and O–H groups in total. The van der Waals surface area contributed by atoms with Gasteiger partial charge in [-0.3, -0.25) is 4.79 Å². The number of nitrogens with one attached hydrogen (secondary N) is 1. The van der Waals surface area contributed by atoms with Gasteiger partial charge in [-0.1, -0.05) is 44.9 Å². The molecule has 3 heteroatoms. The van der Waals surface area contributed by atoms with Crippen LogP contribution < -0.4 is 5.32 Å². The molecule has 0 aromatic heterocycles. The van der Waals surface area contributed by atoms with Crippen molar-refractivity contribution >= 4 is 11.6 Å². The number of anilines is 1. The van der Waals surface area contributed by atoms with Gasteiger partial charge in [0.2, 0.25) is 5.91 Å². The predicted molar refractivity (Wildman–Crippen MR) is 88.6 cm³/mol. The van der Waals surface area contributed by atoms with E-state index in [9.17, 15) is 4.79 Å².